The fourth-order valence-electron chi connectivity index (χ4n) is 1.38. The molecule has 102 valence electrons. The lowest BCUT2D eigenvalue weighted by Gasteiger charge is -2.16. The zero-order chi connectivity index (χ0) is 13.0. The Hall–Kier alpha value is -0.980. The summed E-state index contributed by atoms with van der Waals surface area (Å²) in [6.45, 7) is 0. The van der Waals surface area contributed by atoms with Crippen molar-refractivity contribution in [3.05, 3.63) is 22.2 Å². The van der Waals surface area contributed by atoms with Crippen molar-refractivity contribution in [1.82, 2.24) is 0 Å². The number of nitrogens with two attached hydrogens (primary N) is 1. The van der Waals surface area contributed by atoms with Crippen LogP contribution in [-0.4, -0.2) is 27.3 Å². The Morgan fingerprint density at radius 2 is 1.78 bits per heavy atom. The molecule has 7 heteroatoms. The largest absolute Gasteiger partial charge is 0.496 e. The van der Waals surface area contributed by atoms with Crippen molar-refractivity contribution in [2.24, 2.45) is 5.73 Å². The first-order valence-electron chi connectivity index (χ1n) is 4.80. The molecule has 18 heavy (non-hydrogen) atoms. The lowest BCUT2D eigenvalue weighted by atomic mass is 10.1. The highest BCUT2D eigenvalue weighted by molar-refractivity contribution is 9.10. The zero-order valence-corrected chi connectivity index (χ0v) is 12.6. The van der Waals surface area contributed by atoms with E-state index in [1.807, 2.05) is 0 Å². The van der Waals surface area contributed by atoms with Crippen molar-refractivity contribution >= 4 is 34.3 Å². The van der Waals surface area contributed by atoms with Crippen LogP contribution in [0.5, 0.6) is 11.5 Å². The summed E-state index contributed by atoms with van der Waals surface area (Å²) in [5.74, 6) is 0.531. The average Bonchev–Trinajstić information content (AvgIpc) is 2.36. The number of hydrogen-bond donors (Lipinski definition) is 1. The van der Waals surface area contributed by atoms with Crippen LogP contribution in [0, 0.1) is 0 Å². The molecule has 0 spiro atoms. The van der Waals surface area contributed by atoms with Gasteiger partial charge in [0, 0.05) is 5.56 Å². The number of rotatable bonds is 4. The van der Waals surface area contributed by atoms with Gasteiger partial charge in [-0.3, -0.25) is 4.79 Å². The summed E-state index contributed by atoms with van der Waals surface area (Å²) in [4.78, 5) is 11.4. The van der Waals surface area contributed by atoms with E-state index in [-0.39, 0.29) is 12.4 Å². The molecule has 0 saturated carbocycles. The number of benzene rings is 1. The van der Waals surface area contributed by atoms with Gasteiger partial charge in [-0.25, -0.2) is 0 Å². The zero-order valence-electron chi connectivity index (χ0n) is 10.2. The number of methoxy groups -OCH3 is 3. The third-order valence-corrected chi connectivity index (χ3v) is 2.91. The summed E-state index contributed by atoms with van der Waals surface area (Å²) in [5, 5.41) is 0. The van der Waals surface area contributed by atoms with Crippen molar-refractivity contribution in [3.63, 3.8) is 0 Å². The van der Waals surface area contributed by atoms with E-state index >= 15 is 0 Å². The summed E-state index contributed by atoms with van der Waals surface area (Å²) in [6.07, 6.45) is 0. The first kappa shape index (κ1) is 17.0. The molecule has 1 aromatic rings. The first-order valence-corrected chi connectivity index (χ1v) is 5.59. The van der Waals surface area contributed by atoms with E-state index in [1.165, 1.54) is 21.3 Å². The molecule has 0 radical (unpaired) electrons. The van der Waals surface area contributed by atoms with Gasteiger partial charge in [-0.15, -0.1) is 12.4 Å². The van der Waals surface area contributed by atoms with Gasteiger partial charge >= 0.3 is 5.97 Å². The molecule has 0 aliphatic heterocycles. The van der Waals surface area contributed by atoms with E-state index in [4.69, 9.17) is 15.2 Å². The minimum atomic E-state index is -0.906. The molecule has 0 amide bonds. The summed E-state index contributed by atoms with van der Waals surface area (Å²) >= 11 is 3.32. The second-order valence-corrected chi connectivity index (χ2v) is 4.08. The molecule has 1 aromatic carbocycles. The summed E-state index contributed by atoms with van der Waals surface area (Å²) in [7, 11) is 4.31. The maximum Gasteiger partial charge on any atom is 0.327 e. The molecule has 1 atom stereocenters. The second-order valence-electron chi connectivity index (χ2n) is 3.23. The molecular formula is C11H15BrClNO4. The van der Waals surface area contributed by atoms with Crippen LogP contribution in [-0.2, 0) is 9.53 Å². The standard InChI is InChI=1S/C11H14BrNO4.ClH/c1-15-8-5-7(12)9(16-2)4-6(8)10(13)11(14)17-3;/h4-5,10H,13H2,1-3H3;1H/t10-;/m0./s1. The lowest BCUT2D eigenvalue weighted by molar-refractivity contribution is -0.142. The van der Waals surface area contributed by atoms with Crippen LogP contribution in [0.1, 0.15) is 11.6 Å². The van der Waals surface area contributed by atoms with E-state index < -0.39 is 12.0 Å². The summed E-state index contributed by atoms with van der Waals surface area (Å²) in [6, 6.07) is 2.43. The Balaban J connectivity index is 0.00000289. The Kier molecular flexibility index (Phi) is 7.05. The molecule has 0 bridgehead atoms. The van der Waals surface area contributed by atoms with Gasteiger partial charge in [-0.05, 0) is 28.1 Å². The molecule has 0 aliphatic rings. The van der Waals surface area contributed by atoms with Crippen LogP contribution < -0.4 is 15.2 Å². The molecule has 0 aliphatic carbocycles. The van der Waals surface area contributed by atoms with Crippen molar-refractivity contribution in [2.75, 3.05) is 21.3 Å². The highest BCUT2D eigenvalue weighted by atomic mass is 79.9. The minimum absolute atomic E-state index is 0. The monoisotopic (exact) mass is 339 g/mol. The van der Waals surface area contributed by atoms with Gasteiger partial charge < -0.3 is 19.9 Å². The Morgan fingerprint density at radius 3 is 2.22 bits per heavy atom. The maximum atomic E-state index is 11.4. The highest BCUT2D eigenvalue weighted by Gasteiger charge is 2.22. The number of hydrogen-bond acceptors (Lipinski definition) is 5. The van der Waals surface area contributed by atoms with Gasteiger partial charge in [0.05, 0.1) is 25.8 Å². The van der Waals surface area contributed by atoms with Crippen LogP contribution in [0.25, 0.3) is 0 Å². The highest BCUT2D eigenvalue weighted by Crippen LogP contribution is 2.35. The molecule has 1 rings (SSSR count). The van der Waals surface area contributed by atoms with Crippen molar-refractivity contribution in [2.45, 2.75) is 6.04 Å². The lowest BCUT2D eigenvalue weighted by Crippen LogP contribution is -2.23. The van der Waals surface area contributed by atoms with Gasteiger partial charge in [0.1, 0.15) is 17.5 Å². The molecule has 0 unspecified atom stereocenters. The molecule has 0 fully saturated rings. The number of esters is 1. The van der Waals surface area contributed by atoms with E-state index in [2.05, 4.69) is 20.7 Å². The van der Waals surface area contributed by atoms with Gasteiger partial charge in [0.25, 0.3) is 0 Å². The molecule has 0 saturated heterocycles. The predicted molar refractivity (Wildman–Crippen MR) is 73.4 cm³/mol. The van der Waals surface area contributed by atoms with Crippen LogP contribution in [0.3, 0.4) is 0 Å². The quantitative estimate of drug-likeness (QED) is 0.850. The average molecular weight is 341 g/mol. The molecule has 2 N–H and O–H groups in total. The molecular weight excluding hydrogens is 325 g/mol. The third-order valence-electron chi connectivity index (χ3n) is 2.29. The van der Waals surface area contributed by atoms with Crippen LogP contribution >= 0.6 is 28.3 Å². The van der Waals surface area contributed by atoms with E-state index in [0.717, 1.165) is 4.47 Å². The van der Waals surface area contributed by atoms with E-state index in [0.29, 0.717) is 17.1 Å². The number of carbonyl (C=O) groups is 1. The SMILES string of the molecule is COC(=O)[C@@H](N)c1cc(OC)c(Br)cc1OC.Cl. The van der Waals surface area contributed by atoms with Crippen molar-refractivity contribution < 1.29 is 19.0 Å². The Bertz CT molecular complexity index is 428. The van der Waals surface area contributed by atoms with Gasteiger partial charge in [0.2, 0.25) is 0 Å². The van der Waals surface area contributed by atoms with Crippen molar-refractivity contribution in [3.8, 4) is 11.5 Å². The van der Waals surface area contributed by atoms with Crippen molar-refractivity contribution in [1.29, 1.82) is 0 Å². The number of carbonyl (C=O) groups excluding carboxylic acids is 1. The van der Waals surface area contributed by atoms with E-state index in [1.54, 1.807) is 12.1 Å². The van der Waals surface area contributed by atoms with Crippen LogP contribution in [0.4, 0.5) is 0 Å². The van der Waals surface area contributed by atoms with Gasteiger partial charge in [0.15, 0.2) is 0 Å². The smallest absolute Gasteiger partial charge is 0.327 e. The second kappa shape index (κ2) is 7.45. The number of halogens is 2. The van der Waals surface area contributed by atoms with Gasteiger partial charge in [-0.2, -0.15) is 0 Å². The molecule has 0 heterocycles. The first-order chi connectivity index (χ1) is 8.04. The van der Waals surface area contributed by atoms with Crippen LogP contribution in [0.15, 0.2) is 16.6 Å². The third kappa shape index (κ3) is 3.51. The fourth-order valence-corrected chi connectivity index (χ4v) is 1.87. The molecule has 0 aromatic heterocycles. The maximum absolute atomic E-state index is 11.4. The number of ether oxygens (including phenoxy) is 3. The normalized spacial score (nSPS) is 11.2. The van der Waals surface area contributed by atoms with E-state index in [9.17, 15) is 4.79 Å². The summed E-state index contributed by atoms with van der Waals surface area (Å²) in [5.41, 5.74) is 6.29. The Labute approximate surface area is 120 Å². The van der Waals surface area contributed by atoms with Gasteiger partial charge in [-0.1, -0.05) is 0 Å². The topological polar surface area (TPSA) is 70.8 Å². The predicted octanol–water partition coefficient (Wildman–Crippen LogP) is 2.06. The minimum Gasteiger partial charge on any atom is -0.496 e. The Morgan fingerprint density at radius 1 is 1.22 bits per heavy atom. The van der Waals surface area contributed by atoms with Crippen LogP contribution in [0.2, 0.25) is 0 Å². The molecule has 5 nitrogen and oxygen atoms in total. The fraction of sp³-hybridized carbons (Fsp3) is 0.364. The summed E-state index contributed by atoms with van der Waals surface area (Å²) < 4.78 is 15.6.